The molecule has 3 fully saturated rings. The van der Waals surface area contributed by atoms with E-state index < -0.39 is 12.1 Å². The van der Waals surface area contributed by atoms with Gasteiger partial charge < -0.3 is 20.1 Å². The number of carboxylic acids is 1. The number of thiophene rings is 1. The van der Waals surface area contributed by atoms with Gasteiger partial charge in [0.15, 0.2) is 6.10 Å². The molecule has 5 nitrogen and oxygen atoms in total. The largest absolute Gasteiger partial charge is 0.479 e. The minimum atomic E-state index is -0.786. The Hall–Kier alpha value is -1.15. The van der Waals surface area contributed by atoms with Crippen LogP contribution in [0, 0.1) is 10.8 Å². The van der Waals surface area contributed by atoms with E-state index in [1.807, 2.05) is 12.1 Å². The Morgan fingerprint density at radius 3 is 2.51 bits per heavy atom. The quantitative estimate of drug-likeness (QED) is 0.304. The number of rotatable bonds is 10. The lowest BCUT2D eigenvalue weighted by molar-refractivity contribution is -0.163. The Bertz CT molecular complexity index is 1130. The van der Waals surface area contributed by atoms with Crippen molar-refractivity contribution in [2.75, 3.05) is 32.7 Å². The monoisotopic (exact) mass is 592 g/mol. The summed E-state index contributed by atoms with van der Waals surface area (Å²) < 4.78 is 6.55. The van der Waals surface area contributed by atoms with Crippen LogP contribution in [0.3, 0.4) is 0 Å². The molecule has 2 N–H and O–H groups in total. The van der Waals surface area contributed by atoms with Gasteiger partial charge >= 0.3 is 5.97 Å². The molecule has 3 atom stereocenters. The molecule has 2 aromatic rings. The van der Waals surface area contributed by atoms with Gasteiger partial charge in [-0.1, -0.05) is 56.0 Å². The first kappa shape index (κ1) is 29.3. The molecule has 39 heavy (non-hydrogen) atoms. The number of carboxylic acid groups (broad SMARTS) is 1. The molecule has 1 unspecified atom stereocenters. The smallest absolute Gasteiger partial charge is 0.333 e. The van der Waals surface area contributed by atoms with E-state index in [0.717, 1.165) is 94.7 Å². The molecule has 3 aliphatic heterocycles. The highest BCUT2D eigenvalue weighted by molar-refractivity contribution is 7.08. The average molecular weight is 594 g/mol. The van der Waals surface area contributed by atoms with E-state index in [2.05, 4.69) is 47.0 Å². The Labute approximate surface area is 247 Å². The summed E-state index contributed by atoms with van der Waals surface area (Å²) in [5.74, 6) is -0.391. The number of nitrogens with zero attached hydrogens (tertiary/aromatic N) is 1. The zero-order valence-electron chi connectivity index (χ0n) is 23.2. The van der Waals surface area contributed by atoms with Crippen LogP contribution in [0.1, 0.15) is 75.8 Å². The standard InChI is InChI=1S/C31H42Cl2N2O3S/c1-3-8-29(9-4-2)19-31(38-27(29)28(36)37)10-12-35(13-11-31)21-30(16-22-5-6-24(32)15-26(22)33)20-34-17-25(30)23-7-14-39-18-23/h5-7,14-15,18,25,27,34H,3-4,8-13,16-17,19-21H2,1-2H3,(H,36,37)/t25-,27?,30+/m1/s1. The third-order valence-corrected chi connectivity index (χ3v) is 11.0. The third kappa shape index (κ3) is 5.93. The highest BCUT2D eigenvalue weighted by Crippen LogP contribution is 2.54. The summed E-state index contributed by atoms with van der Waals surface area (Å²) in [5, 5.41) is 19.7. The number of carbonyl (C=O) groups is 1. The van der Waals surface area contributed by atoms with Gasteiger partial charge in [-0.3, -0.25) is 0 Å². The maximum atomic E-state index is 12.3. The average Bonchev–Trinajstić information content (AvgIpc) is 3.62. The van der Waals surface area contributed by atoms with Crippen LogP contribution in [0.2, 0.25) is 10.0 Å². The zero-order chi connectivity index (χ0) is 27.7. The van der Waals surface area contributed by atoms with Gasteiger partial charge in [0.25, 0.3) is 0 Å². The molecule has 0 aliphatic carbocycles. The van der Waals surface area contributed by atoms with E-state index in [9.17, 15) is 9.90 Å². The fourth-order valence-electron chi connectivity index (χ4n) is 8.08. The molecule has 3 aliphatic rings. The van der Waals surface area contributed by atoms with E-state index >= 15 is 0 Å². The van der Waals surface area contributed by atoms with Crippen LogP contribution in [0.5, 0.6) is 0 Å². The van der Waals surface area contributed by atoms with Crippen molar-refractivity contribution in [3.05, 3.63) is 56.2 Å². The first-order chi connectivity index (χ1) is 18.7. The van der Waals surface area contributed by atoms with Crippen molar-refractivity contribution in [2.24, 2.45) is 10.8 Å². The number of ether oxygens (including phenoxy) is 1. The van der Waals surface area contributed by atoms with Crippen LogP contribution in [0.15, 0.2) is 35.0 Å². The fourth-order valence-corrected chi connectivity index (χ4v) is 9.27. The second kappa shape index (κ2) is 12.0. The fraction of sp³-hybridized carbons (Fsp3) is 0.645. The Balaban J connectivity index is 1.36. The second-order valence-corrected chi connectivity index (χ2v) is 14.0. The number of hydrogen-bond donors (Lipinski definition) is 2. The lowest BCUT2D eigenvalue weighted by Crippen LogP contribution is -2.50. The summed E-state index contributed by atoms with van der Waals surface area (Å²) in [6.45, 7) is 9.03. The third-order valence-electron chi connectivity index (χ3n) is 9.69. The van der Waals surface area contributed by atoms with Crippen molar-refractivity contribution in [3.8, 4) is 0 Å². The number of nitrogens with one attached hydrogen (secondary N) is 1. The van der Waals surface area contributed by atoms with Crippen molar-refractivity contribution in [1.29, 1.82) is 0 Å². The molecule has 4 heterocycles. The van der Waals surface area contributed by atoms with E-state index in [1.54, 1.807) is 11.3 Å². The van der Waals surface area contributed by atoms with Crippen LogP contribution < -0.4 is 5.32 Å². The zero-order valence-corrected chi connectivity index (χ0v) is 25.5. The van der Waals surface area contributed by atoms with Gasteiger partial charge in [-0.05, 0) is 78.6 Å². The van der Waals surface area contributed by atoms with Gasteiger partial charge in [0, 0.05) is 59.5 Å². The molecule has 214 valence electrons. The van der Waals surface area contributed by atoms with E-state index in [-0.39, 0.29) is 16.4 Å². The molecular formula is C31H42Cl2N2O3S. The van der Waals surface area contributed by atoms with Crippen LogP contribution in [-0.4, -0.2) is 60.4 Å². The van der Waals surface area contributed by atoms with E-state index in [4.69, 9.17) is 27.9 Å². The first-order valence-electron chi connectivity index (χ1n) is 14.5. The molecule has 1 aromatic heterocycles. The summed E-state index contributed by atoms with van der Waals surface area (Å²) in [6.07, 6.45) is 6.65. The van der Waals surface area contributed by atoms with Gasteiger partial charge in [-0.25, -0.2) is 4.79 Å². The number of piperidine rings is 1. The molecule has 0 amide bonds. The first-order valence-corrected chi connectivity index (χ1v) is 16.2. The Kier molecular flexibility index (Phi) is 9.02. The topological polar surface area (TPSA) is 61.8 Å². The Morgan fingerprint density at radius 1 is 1.15 bits per heavy atom. The van der Waals surface area contributed by atoms with Gasteiger partial charge in [0.2, 0.25) is 0 Å². The van der Waals surface area contributed by atoms with Crippen molar-refractivity contribution < 1.29 is 14.6 Å². The van der Waals surface area contributed by atoms with Crippen molar-refractivity contribution in [1.82, 2.24) is 10.2 Å². The number of benzene rings is 1. The minimum absolute atomic E-state index is 0.00262. The lowest BCUT2D eigenvalue weighted by Gasteiger charge is -2.45. The lowest BCUT2D eigenvalue weighted by atomic mass is 9.68. The van der Waals surface area contributed by atoms with Crippen LogP contribution in [0.25, 0.3) is 0 Å². The van der Waals surface area contributed by atoms with Gasteiger partial charge in [0.1, 0.15) is 0 Å². The van der Waals surface area contributed by atoms with Crippen molar-refractivity contribution in [2.45, 2.75) is 82.8 Å². The highest BCUT2D eigenvalue weighted by atomic mass is 35.5. The molecule has 1 spiro atoms. The maximum absolute atomic E-state index is 12.3. The Morgan fingerprint density at radius 2 is 1.90 bits per heavy atom. The van der Waals surface area contributed by atoms with E-state index in [1.165, 1.54) is 5.56 Å². The molecule has 5 rings (SSSR count). The number of likely N-dealkylation sites (tertiary alicyclic amines) is 1. The molecule has 8 heteroatoms. The van der Waals surface area contributed by atoms with E-state index in [0.29, 0.717) is 10.9 Å². The number of halogens is 2. The molecule has 0 bridgehead atoms. The minimum Gasteiger partial charge on any atom is -0.479 e. The van der Waals surface area contributed by atoms with Gasteiger partial charge in [-0.15, -0.1) is 0 Å². The predicted octanol–water partition coefficient (Wildman–Crippen LogP) is 7.27. The second-order valence-electron chi connectivity index (χ2n) is 12.3. The van der Waals surface area contributed by atoms with Gasteiger partial charge in [0.05, 0.1) is 5.60 Å². The molecule has 1 aromatic carbocycles. The summed E-state index contributed by atoms with van der Waals surface area (Å²) >= 11 is 14.7. The maximum Gasteiger partial charge on any atom is 0.333 e. The normalized spacial score (nSPS) is 28.3. The molecule has 0 radical (unpaired) electrons. The SMILES string of the molecule is CCCC1(CCC)CC2(CCN(C[C@]3(Cc4ccc(Cl)cc4Cl)CNC[C@@H]3c3ccsc3)CC2)OC1C(=O)O. The van der Waals surface area contributed by atoms with Crippen molar-refractivity contribution in [3.63, 3.8) is 0 Å². The molecule has 0 saturated carbocycles. The van der Waals surface area contributed by atoms with Crippen molar-refractivity contribution >= 4 is 40.5 Å². The number of aliphatic carboxylic acids is 1. The van der Waals surface area contributed by atoms with Crippen LogP contribution >= 0.6 is 34.5 Å². The molecule has 3 saturated heterocycles. The summed E-state index contributed by atoms with van der Waals surface area (Å²) in [6, 6.07) is 8.15. The predicted molar refractivity (Wildman–Crippen MR) is 160 cm³/mol. The molecular weight excluding hydrogens is 551 g/mol. The summed E-state index contributed by atoms with van der Waals surface area (Å²) in [7, 11) is 0. The number of hydrogen-bond acceptors (Lipinski definition) is 5. The van der Waals surface area contributed by atoms with Crippen LogP contribution in [0.4, 0.5) is 0 Å². The van der Waals surface area contributed by atoms with Crippen LogP contribution in [-0.2, 0) is 16.0 Å². The highest BCUT2D eigenvalue weighted by Gasteiger charge is 2.58. The van der Waals surface area contributed by atoms with Gasteiger partial charge in [-0.2, -0.15) is 11.3 Å². The summed E-state index contributed by atoms with van der Waals surface area (Å²) in [4.78, 5) is 14.9. The summed E-state index contributed by atoms with van der Waals surface area (Å²) in [5.41, 5.74) is 1.97.